The molecule has 0 spiro atoms. The normalized spacial score (nSPS) is 11.6. The van der Waals surface area contributed by atoms with E-state index in [4.69, 9.17) is 5.11 Å². The Balaban J connectivity index is 0. The van der Waals surface area contributed by atoms with Crippen molar-refractivity contribution in [3.63, 3.8) is 0 Å². The van der Waals surface area contributed by atoms with Crippen LogP contribution in [0.1, 0.15) is 74.1 Å². The van der Waals surface area contributed by atoms with Crippen molar-refractivity contribution in [2.45, 2.75) is 74.1 Å². The molecule has 0 aliphatic rings. The summed E-state index contributed by atoms with van der Waals surface area (Å²) in [6, 6.07) is 8.71. The fourth-order valence-corrected chi connectivity index (χ4v) is 1.56. The van der Waals surface area contributed by atoms with Crippen molar-refractivity contribution in [1.29, 1.82) is 0 Å². The summed E-state index contributed by atoms with van der Waals surface area (Å²) < 4.78 is 0. The third-order valence-electron chi connectivity index (χ3n) is 3.48. The maximum absolute atomic E-state index is 8.63. The number of benzene rings is 1. The lowest BCUT2D eigenvalue weighted by Gasteiger charge is -2.27. The monoisotopic (exact) mass is 280 g/mol. The number of para-hydroxylation sites is 1. The van der Waals surface area contributed by atoms with Crippen LogP contribution in [0, 0.1) is 11.3 Å². The van der Waals surface area contributed by atoms with Crippen LogP contribution in [0.4, 0.5) is 0 Å². The molecule has 0 fully saturated rings. The Bertz CT molecular complexity index is 284. The highest BCUT2D eigenvalue weighted by Crippen LogP contribution is 2.29. The molecular formula is C19H36O. The molecule has 20 heavy (non-hydrogen) atoms. The summed E-state index contributed by atoms with van der Waals surface area (Å²) >= 11 is 0. The molecule has 0 heterocycles. The fraction of sp³-hybridized carbons (Fsp3) is 0.684. The number of unbranched alkanes of at least 4 members (excludes halogenated alkanes) is 2. The number of hydrogen-bond donors (Lipinski definition) is 1. The van der Waals surface area contributed by atoms with E-state index in [9.17, 15) is 0 Å². The molecule has 0 amide bonds. The predicted octanol–water partition coefficient (Wildman–Crippen LogP) is 6.67. The highest BCUT2D eigenvalue weighted by molar-refractivity contribution is 5.18. The van der Waals surface area contributed by atoms with Crippen LogP contribution < -0.4 is 0 Å². The number of rotatable bonds is 4. The summed E-state index contributed by atoms with van der Waals surface area (Å²) in [5.74, 6) is 1.19. The first kappa shape index (κ1) is 21.3. The van der Waals surface area contributed by atoms with E-state index in [-0.39, 0.29) is 0 Å². The average Bonchev–Trinajstić information content (AvgIpc) is 2.42. The molecule has 118 valence electrons. The van der Waals surface area contributed by atoms with Crippen LogP contribution >= 0.6 is 0 Å². The van der Waals surface area contributed by atoms with Crippen LogP contribution in [0.5, 0.6) is 5.75 Å². The summed E-state index contributed by atoms with van der Waals surface area (Å²) in [6.45, 7) is 15.6. The van der Waals surface area contributed by atoms with Gasteiger partial charge in [0.2, 0.25) is 0 Å². The van der Waals surface area contributed by atoms with Crippen molar-refractivity contribution >= 4 is 0 Å². The van der Waals surface area contributed by atoms with E-state index in [1.807, 2.05) is 19.9 Å². The van der Waals surface area contributed by atoms with Crippen molar-refractivity contribution in [2.75, 3.05) is 0 Å². The molecule has 1 atom stereocenters. The van der Waals surface area contributed by atoms with Gasteiger partial charge >= 0.3 is 0 Å². The summed E-state index contributed by atoms with van der Waals surface area (Å²) in [6.07, 6.45) is 5.56. The van der Waals surface area contributed by atoms with Gasteiger partial charge in [0, 0.05) is 0 Å². The molecule has 0 saturated carbocycles. The zero-order valence-electron chi connectivity index (χ0n) is 14.7. The Labute approximate surface area is 127 Å². The lowest BCUT2D eigenvalue weighted by atomic mass is 9.79. The van der Waals surface area contributed by atoms with Gasteiger partial charge in [-0.3, -0.25) is 0 Å². The minimum Gasteiger partial charge on any atom is -0.508 e. The van der Waals surface area contributed by atoms with Crippen LogP contribution in [0.25, 0.3) is 0 Å². The Hall–Kier alpha value is -0.980. The molecule has 1 rings (SSSR count). The van der Waals surface area contributed by atoms with E-state index < -0.39 is 0 Å². The molecule has 0 bridgehead atoms. The summed E-state index contributed by atoms with van der Waals surface area (Å²) in [4.78, 5) is 0. The van der Waals surface area contributed by atoms with Gasteiger partial charge in [-0.15, -0.1) is 0 Å². The van der Waals surface area contributed by atoms with Gasteiger partial charge in [-0.2, -0.15) is 0 Å². The zero-order valence-corrected chi connectivity index (χ0v) is 14.7. The van der Waals surface area contributed by atoms with E-state index in [1.165, 1.54) is 25.7 Å². The van der Waals surface area contributed by atoms with Crippen molar-refractivity contribution in [3.05, 3.63) is 30.3 Å². The zero-order chi connectivity index (χ0) is 16.0. The standard InChI is InChI=1S/C11H24.C6H6O.C2H6/c1-6-7-8-9-10(2)11(3,4)5;7-6-4-2-1-3-5-6;1-2/h10H,6-9H2,1-5H3;1-5,7H;1-2H3. The molecule has 1 unspecified atom stereocenters. The quantitative estimate of drug-likeness (QED) is 0.611. The first-order chi connectivity index (χ1) is 9.38. The molecule has 0 saturated heterocycles. The van der Waals surface area contributed by atoms with E-state index >= 15 is 0 Å². The molecule has 0 aliphatic heterocycles. The Morgan fingerprint density at radius 1 is 1.00 bits per heavy atom. The number of phenols is 1. The van der Waals surface area contributed by atoms with E-state index in [0.717, 1.165) is 5.92 Å². The van der Waals surface area contributed by atoms with E-state index in [0.29, 0.717) is 11.2 Å². The van der Waals surface area contributed by atoms with Gasteiger partial charge in [-0.1, -0.05) is 92.3 Å². The largest absolute Gasteiger partial charge is 0.508 e. The second-order valence-corrected chi connectivity index (χ2v) is 6.10. The van der Waals surface area contributed by atoms with Crippen LogP contribution in [0.3, 0.4) is 0 Å². The Morgan fingerprint density at radius 3 is 1.80 bits per heavy atom. The second kappa shape index (κ2) is 13.0. The summed E-state index contributed by atoms with van der Waals surface area (Å²) in [5.41, 5.74) is 0.508. The van der Waals surface area contributed by atoms with Crippen LogP contribution in [-0.4, -0.2) is 5.11 Å². The Kier molecular flexibility index (Phi) is 13.9. The summed E-state index contributed by atoms with van der Waals surface area (Å²) in [5, 5.41) is 8.63. The lowest BCUT2D eigenvalue weighted by molar-refractivity contribution is 0.241. The van der Waals surface area contributed by atoms with Crippen LogP contribution in [0.2, 0.25) is 0 Å². The molecule has 1 heteroatoms. The molecule has 0 aromatic heterocycles. The molecule has 1 aromatic carbocycles. The molecule has 1 aromatic rings. The highest BCUT2D eigenvalue weighted by Gasteiger charge is 2.18. The molecule has 0 aliphatic carbocycles. The van der Waals surface area contributed by atoms with E-state index in [2.05, 4.69) is 34.6 Å². The lowest BCUT2D eigenvalue weighted by Crippen LogP contribution is -2.16. The van der Waals surface area contributed by atoms with Gasteiger partial charge in [0.1, 0.15) is 5.75 Å². The smallest absolute Gasteiger partial charge is 0.115 e. The third kappa shape index (κ3) is 13.5. The SMILES string of the molecule is CC.CCCCCC(C)C(C)(C)C.Oc1ccccc1. The fourth-order valence-electron chi connectivity index (χ4n) is 1.56. The van der Waals surface area contributed by atoms with Crippen molar-refractivity contribution in [2.24, 2.45) is 11.3 Å². The molecule has 1 nitrogen and oxygen atoms in total. The van der Waals surface area contributed by atoms with Gasteiger partial charge in [0.05, 0.1) is 0 Å². The van der Waals surface area contributed by atoms with E-state index in [1.54, 1.807) is 24.3 Å². The highest BCUT2D eigenvalue weighted by atomic mass is 16.3. The van der Waals surface area contributed by atoms with Crippen LogP contribution in [-0.2, 0) is 0 Å². The first-order valence-corrected chi connectivity index (χ1v) is 8.12. The second-order valence-electron chi connectivity index (χ2n) is 6.10. The minimum absolute atomic E-state index is 0.322. The van der Waals surface area contributed by atoms with Crippen LogP contribution in [0.15, 0.2) is 30.3 Å². The maximum Gasteiger partial charge on any atom is 0.115 e. The predicted molar refractivity (Wildman–Crippen MR) is 92.2 cm³/mol. The number of hydrogen-bond acceptors (Lipinski definition) is 1. The first-order valence-electron chi connectivity index (χ1n) is 8.12. The average molecular weight is 280 g/mol. The maximum atomic E-state index is 8.63. The third-order valence-corrected chi connectivity index (χ3v) is 3.48. The van der Waals surface area contributed by atoms with Crippen molar-refractivity contribution < 1.29 is 5.11 Å². The van der Waals surface area contributed by atoms with Gasteiger partial charge in [-0.05, 0) is 23.5 Å². The topological polar surface area (TPSA) is 20.2 Å². The summed E-state index contributed by atoms with van der Waals surface area (Å²) in [7, 11) is 0. The Morgan fingerprint density at radius 2 is 1.50 bits per heavy atom. The number of aromatic hydroxyl groups is 1. The number of phenolic OH excluding ortho intramolecular Hbond substituents is 1. The van der Waals surface area contributed by atoms with Crippen molar-refractivity contribution in [3.8, 4) is 5.75 Å². The van der Waals surface area contributed by atoms with Gasteiger partial charge in [0.25, 0.3) is 0 Å². The minimum atomic E-state index is 0.322. The van der Waals surface area contributed by atoms with Gasteiger partial charge in [0.15, 0.2) is 0 Å². The molecular weight excluding hydrogens is 244 g/mol. The van der Waals surface area contributed by atoms with Crippen molar-refractivity contribution in [1.82, 2.24) is 0 Å². The molecule has 0 radical (unpaired) electrons. The van der Waals surface area contributed by atoms with Gasteiger partial charge in [-0.25, -0.2) is 0 Å². The van der Waals surface area contributed by atoms with Gasteiger partial charge < -0.3 is 5.11 Å². The molecule has 1 N–H and O–H groups in total.